The number of para-hydroxylation sites is 2. The number of ether oxygens (including phenoxy) is 2. The highest BCUT2D eigenvalue weighted by atomic mass is 32.1. The van der Waals surface area contributed by atoms with Crippen molar-refractivity contribution in [3.05, 3.63) is 34.8 Å². The maximum absolute atomic E-state index is 10.9. The number of hydrogen-bond acceptors (Lipinski definition) is 6. The van der Waals surface area contributed by atoms with E-state index in [0.717, 1.165) is 11.5 Å². The molecule has 0 unspecified atom stereocenters. The molecule has 1 aromatic heterocycles. The standard InChI is InChI=1S/C11H8N2O4S/c12-7-8(13-18-9(7)10(14)15)11-16-5-3-1-2-4-6(5)17-11/h1-4,11H,12H2,(H,14,15). The molecule has 7 heteroatoms. The number of carbonyl (C=O) groups is 1. The van der Waals surface area contributed by atoms with Gasteiger partial charge < -0.3 is 20.3 Å². The van der Waals surface area contributed by atoms with Crippen molar-refractivity contribution in [1.82, 2.24) is 4.37 Å². The lowest BCUT2D eigenvalue weighted by Gasteiger charge is -2.07. The minimum absolute atomic E-state index is 0.00634. The number of rotatable bonds is 2. The molecule has 3 N–H and O–H groups in total. The molecule has 0 atom stereocenters. The third-order valence-electron chi connectivity index (χ3n) is 2.49. The first-order chi connectivity index (χ1) is 8.66. The van der Waals surface area contributed by atoms with Crippen molar-refractivity contribution in [3.63, 3.8) is 0 Å². The van der Waals surface area contributed by atoms with Gasteiger partial charge in [-0.15, -0.1) is 0 Å². The number of nitrogens with two attached hydrogens (primary N) is 1. The third kappa shape index (κ3) is 1.56. The molecule has 1 aromatic carbocycles. The van der Waals surface area contributed by atoms with E-state index in [0.29, 0.717) is 17.2 Å². The monoisotopic (exact) mass is 264 g/mol. The zero-order valence-corrected chi connectivity index (χ0v) is 9.81. The van der Waals surface area contributed by atoms with Crippen molar-refractivity contribution < 1.29 is 19.4 Å². The number of carboxylic acid groups (broad SMARTS) is 1. The van der Waals surface area contributed by atoms with E-state index in [9.17, 15) is 4.79 Å². The van der Waals surface area contributed by atoms with Crippen molar-refractivity contribution in [2.45, 2.75) is 6.29 Å². The van der Waals surface area contributed by atoms with Crippen LogP contribution in [-0.4, -0.2) is 15.4 Å². The third-order valence-corrected chi connectivity index (χ3v) is 3.36. The normalized spacial score (nSPS) is 13.8. The molecule has 18 heavy (non-hydrogen) atoms. The van der Waals surface area contributed by atoms with Crippen molar-refractivity contribution >= 4 is 23.2 Å². The summed E-state index contributed by atoms with van der Waals surface area (Å²) in [4.78, 5) is 10.9. The molecule has 1 aliphatic rings. The Morgan fingerprint density at radius 1 is 1.33 bits per heavy atom. The molecule has 0 amide bonds. The van der Waals surface area contributed by atoms with Gasteiger partial charge in [-0.1, -0.05) is 12.1 Å². The second-order valence-electron chi connectivity index (χ2n) is 3.63. The second kappa shape index (κ2) is 3.88. The van der Waals surface area contributed by atoms with E-state index in [2.05, 4.69) is 4.37 Å². The molecule has 2 aromatic rings. The summed E-state index contributed by atoms with van der Waals surface area (Å²) in [5.41, 5.74) is 6.11. The summed E-state index contributed by atoms with van der Waals surface area (Å²) < 4.78 is 15.0. The summed E-state index contributed by atoms with van der Waals surface area (Å²) in [6.45, 7) is 0. The predicted octanol–water partition coefficient (Wildman–Crippen LogP) is 1.89. The number of aromatic nitrogens is 1. The number of nitrogen functional groups attached to an aromatic ring is 1. The van der Waals surface area contributed by atoms with Crippen LogP contribution in [0.15, 0.2) is 24.3 Å². The number of aromatic carboxylic acids is 1. The first-order valence-electron chi connectivity index (χ1n) is 5.07. The van der Waals surface area contributed by atoms with Gasteiger partial charge in [0.25, 0.3) is 6.29 Å². The Balaban J connectivity index is 1.93. The highest BCUT2D eigenvalue weighted by Crippen LogP contribution is 2.41. The quantitative estimate of drug-likeness (QED) is 0.860. The number of hydrogen-bond donors (Lipinski definition) is 2. The molecule has 0 spiro atoms. The first-order valence-corrected chi connectivity index (χ1v) is 5.85. The maximum atomic E-state index is 10.9. The Labute approximate surface area is 106 Å². The molecule has 92 valence electrons. The van der Waals surface area contributed by atoms with E-state index in [1.165, 1.54) is 0 Å². The topological polar surface area (TPSA) is 94.7 Å². The van der Waals surface area contributed by atoms with Crippen LogP contribution in [0, 0.1) is 0 Å². The zero-order valence-electron chi connectivity index (χ0n) is 8.99. The Morgan fingerprint density at radius 3 is 2.44 bits per heavy atom. The molecule has 2 heterocycles. The summed E-state index contributed by atoms with van der Waals surface area (Å²) in [6.07, 6.45) is -0.785. The first kappa shape index (κ1) is 10.8. The lowest BCUT2D eigenvalue weighted by atomic mass is 10.3. The van der Waals surface area contributed by atoms with Gasteiger partial charge in [0.1, 0.15) is 0 Å². The van der Waals surface area contributed by atoms with E-state index in [1.807, 2.05) is 12.1 Å². The van der Waals surface area contributed by atoms with E-state index in [-0.39, 0.29) is 10.6 Å². The Morgan fingerprint density at radius 2 is 1.94 bits per heavy atom. The van der Waals surface area contributed by atoms with Crippen LogP contribution < -0.4 is 15.2 Å². The number of fused-ring (bicyclic) bond motifs is 1. The van der Waals surface area contributed by atoms with Gasteiger partial charge in [-0.3, -0.25) is 0 Å². The van der Waals surface area contributed by atoms with Crippen molar-refractivity contribution in [1.29, 1.82) is 0 Å². The van der Waals surface area contributed by atoms with E-state index in [1.54, 1.807) is 12.1 Å². The molecule has 0 radical (unpaired) electrons. The molecule has 1 aliphatic heterocycles. The lowest BCUT2D eigenvalue weighted by Crippen LogP contribution is -2.11. The molecule has 6 nitrogen and oxygen atoms in total. The molecule has 0 aliphatic carbocycles. The smallest absolute Gasteiger partial charge is 0.349 e. The van der Waals surface area contributed by atoms with E-state index in [4.69, 9.17) is 20.3 Å². The number of anilines is 1. The second-order valence-corrected chi connectivity index (χ2v) is 4.40. The number of benzene rings is 1. The Hall–Kier alpha value is -2.28. The Bertz CT molecular complexity index is 600. The van der Waals surface area contributed by atoms with Crippen LogP contribution in [-0.2, 0) is 0 Å². The van der Waals surface area contributed by atoms with E-state index < -0.39 is 12.3 Å². The van der Waals surface area contributed by atoms with Crippen LogP contribution in [0.3, 0.4) is 0 Å². The average molecular weight is 264 g/mol. The predicted molar refractivity (Wildman–Crippen MR) is 63.9 cm³/mol. The molecule has 0 bridgehead atoms. The highest BCUT2D eigenvalue weighted by molar-refractivity contribution is 7.08. The summed E-state index contributed by atoms with van der Waals surface area (Å²) in [6, 6.07) is 7.15. The lowest BCUT2D eigenvalue weighted by molar-refractivity contribution is 0.0462. The van der Waals surface area contributed by atoms with Gasteiger partial charge in [0.05, 0.1) is 5.69 Å². The number of nitrogens with zero attached hydrogens (tertiary/aromatic N) is 1. The van der Waals surface area contributed by atoms with Crippen molar-refractivity contribution in [3.8, 4) is 11.5 Å². The molecule has 3 rings (SSSR count). The van der Waals surface area contributed by atoms with Crippen molar-refractivity contribution in [2.24, 2.45) is 0 Å². The summed E-state index contributed by atoms with van der Waals surface area (Å²) in [5, 5.41) is 8.90. The van der Waals surface area contributed by atoms with Crippen LogP contribution in [0.1, 0.15) is 21.7 Å². The Kier molecular flexibility index (Phi) is 2.34. The minimum atomic E-state index is -1.10. The minimum Gasteiger partial charge on any atom is -0.477 e. The molecular weight excluding hydrogens is 256 g/mol. The fraction of sp³-hybridized carbons (Fsp3) is 0.0909. The van der Waals surface area contributed by atoms with Crippen molar-refractivity contribution in [2.75, 3.05) is 5.73 Å². The SMILES string of the molecule is Nc1c(C2Oc3ccccc3O2)nsc1C(=O)O. The molecule has 0 fully saturated rings. The largest absolute Gasteiger partial charge is 0.477 e. The van der Waals surface area contributed by atoms with Gasteiger partial charge in [0.15, 0.2) is 22.1 Å². The van der Waals surface area contributed by atoms with Crippen LogP contribution in [0.5, 0.6) is 11.5 Å². The van der Waals surface area contributed by atoms with Gasteiger partial charge >= 0.3 is 5.97 Å². The maximum Gasteiger partial charge on any atom is 0.349 e. The van der Waals surface area contributed by atoms with Gasteiger partial charge in [-0.25, -0.2) is 4.79 Å². The average Bonchev–Trinajstić information content (AvgIpc) is 2.91. The summed E-state index contributed by atoms with van der Waals surface area (Å²) in [7, 11) is 0. The van der Waals surface area contributed by atoms with Gasteiger partial charge in [0, 0.05) is 0 Å². The van der Waals surface area contributed by atoms with E-state index >= 15 is 0 Å². The fourth-order valence-electron chi connectivity index (χ4n) is 1.64. The molecular formula is C11H8N2O4S. The zero-order chi connectivity index (χ0) is 12.7. The van der Waals surface area contributed by atoms with Crippen LogP contribution in [0.25, 0.3) is 0 Å². The van der Waals surface area contributed by atoms with Crippen LogP contribution >= 0.6 is 11.5 Å². The fourth-order valence-corrected chi connectivity index (χ4v) is 2.30. The number of carboxylic acids is 1. The van der Waals surface area contributed by atoms with Crippen LogP contribution in [0.2, 0.25) is 0 Å². The van der Waals surface area contributed by atoms with Gasteiger partial charge in [-0.05, 0) is 23.7 Å². The summed E-state index contributed by atoms with van der Waals surface area (Å²) >= 11 is 0.815. The summed E-state index contributed by atoms with van der Waals surface area (Å²) in [5.74, 6) is 0.0744. The van der Waals surface area contributed by atoms with Gasteiger partial charge in [0.2, 0.25) is 0 Å². The molecule has 0 saturated heterocycles. The van der Waals surface area contributed by atoms with Crippen LogP contribution in [0.4, 0.5) is 5.69 Å². The highest BCUT2D eigenvalue weighted by Gasteiger charge is 2.31. The van der Waals surface area contributed by atoms with Gasteiger partial charge in [-0.2, -0.15) is 4.37 Å². The molecule has 0 saturated carbocycles.